The fourth-order valence-corrected chi connectivity index (χ4v) is 4.28. The summed E-state index contributed by atoms with van der Waals surface area (Å²) in [5.41, 5.74) is 0.619. The standard InChI is InChI=1S/C20H9Cl2F2NO2S2/c21-14-5-2-11(8-15(14)22)25-19(26)18(29-20(25)28)9-12-3-6-17(27-12)13-4-1-10(23)7-16(13)24/h1-9H/b18-9-. The van der Waals surface area contributed by atoms with Gasteiger partial charge in [0.2, 0.25) is 0 Å². The van der Waals surface area contributed by atoms with Crippen LogP contribution in [0.5, 0.6) is 0 Å². The molecule has 29 heavy (non-hydrogen) atoms. The first kappa shape index (κ1) is 20.1. The van der Waals surface area contributed by atoms with Crippen LogP contribution in [0.3, 0.4) is 0 Å². The molecule has 0 radical (unpaired) electrons. The number of carbonyl (C=O) groups is 1. The largest absolute Gasteiger partial charge is 0.457 e. The highest BCUT2D eigenvalue weighted by atomic mass is 35.5. The van der Waals surface area contributed by atoms with E-state index in [1.54, 1.807) is 30.3 Å². The van der Waals surface area contributed by atoms with Crippen molar-refractivity contribution in [3.63, 3.8) is 0 Å². The first-order valence-electron chi connectivity index (χ1n) is 8.12. The van der Waals surface area contributed by atoms with Crippen molar-refractivity contribution < 1.29 is 18.0 Å². The molecule has 0 bridgehead atoms. The number of halogens is 4. The van der Waals surface area contributed by atoms with E-state index in [0.717, 1.165) is 23.9 Å². The van der Waals surface area contributed by atoms with Gasteiger partial charge in [-0.05, 0) is 42.5 Å². The number of nitrogens with zero attached hydrogens (tertiary/aromatic N) is 1. The van der Waals surface area contributed by atoms with Gasteiger partial charge in [-0.25, -0.2) is 8.78 Å². The Morgan fingerprint density at radius 3 is 2.55 bits per heavy atom. The van der Waals surface area contributed by atoms with E-state index >= 15 is 0 Å². The van der Waals surface area contributed by atoms with Crippen molar-refractivity contribution in [3.8, 4) is 11.3 Å². The number of benzene rings is 2. The van der Waals surface area contributed by atoms with Crippen LogP contribution in [-0.2, 0) is 4.79 Å². The normalized spacial score (nSPS) is 15.6. The third-order valence-electron chi connectivity index (χ3n) is 4.05. The van der Waals surface area contributed by atoms with Crippen molar-refractivity contribution in [2.45, 2.75) is 0 Å². The zero-order valence-electron chi connectivity index (χ0n) is 14.3. The lowest BCUT2D eigenvalue weighted by molar-refractivity contribution is -0.113. The quantitative estimate of drug-likeness (QED) is 0.308. The Morgan fingerprint density at radius 2 is 1.83 bits per heavy atom. The lowest BCUT2D eigenvalue weighted by Gasteiger charge is -2.15. The summed E-state index contributed by atoms with van der Waals surface area (Å²) in [5, 5.41) is 0.673. The van der Waals surface area contributed by atoms with Crippen LogP contribution >= 0.6 is 47.2 Å². The summed E-state index contributed by atoms with van der Waals surface area (Å²) in [6.07, 6.45) is 1.52. The van der Waals surface area contributed by atoms with E-state index in [9.17, 15) is 13.6 Å². The Bertz CT molecular complexity index is 1190. The van der Waals surface area contributed by atoms with Gasteiger partial charge in [0.05, 0.1) is 26.2 Å². The molecule has 146 valence electrons. The molecule has 2 heterocycles. The Hall–Kier alpha value is -2.19. The van der Waals surface area contributed by atoms with Crippen molar-refractivity contribution in [2.24, 2.45) is 0 Å². The summed E-state index contributed by atoms with van der Waals surface area (Å²) in [6.45, 7) is 0. The zero-order valence-corrected chi connectivity index (χ0v) is 17.4. The molecule has 1 fully saturated rings. The van der Waals surface area contributed by atoms with Gasteiger partial charge in [-0.1, -0.05) is 47.2 Å². The Morgan fingerprint density at radius 1 is 1.03 bits per heavy atom. The predicted octanol–water partition coefficient (Wildman–Crippen LogP) is 6.94. The third-order valence-corrected chi connectivity index (χ3v) is 6.09. The highest BCUT2D eigenvalue weighted by Crippen LogP contribution is 2.38. The Labute approximate surface area is 183 Å². The van der Waals surface area contributed by atoms with Gasteiger partial charge < -0.3 is 4.42 Å². The van der Waals surface area contributed by atoms with Crippen LogP contribution in [0.4, 0.5) is 14.5 Å². The molecule has 1 saturated heterocycles. The van der Waals surface area contributed by atoms with Gasteiger partial charge in [0.15, 0.2) is 4.32 Å². The summed E-state index contributed by atoms with van der Waals surface area (Å²) in [4.78, 5) is 14.5. The van der Waals surface area contributed by atoms with Crippen molar-refractivity contribution in [2.75, 3.05) is 4.90 Å². The van der Waals surface area contributed by atoms with E-state index < -0.39 is 11.6 Å². The molecule has 1 aliphatic rings. The minimum atomic E-state index is -0.739. The molecule has 0 saturated carbocycles. The molecule has 2 aromatic carbocycles. The number of hydrogen-bond acceptors (Lipinski definition) is 4. The second-order valence-electron chi connectivity index (χ2n) is 5.94. The van der Waals surface area contributed by atoms with Crippen LogP contribution in [0, 0.1) is 11.6 Å². The molecular formula is C20H9Cl2F2NO2S2. The average Bonchev–Trinajstić information content (AvgIpc) is 3.22. The molecule has 0 atom stereocenters. The van der Waals surface area contributed by atoms with Crippen molar-refractivity contribution in [1.29, 1.82) is 0 Å². The molecule has 1 amide bonds. The van der Waals surface area contributed by atoms with Gasteiger partial charge >= 0.3 is 0 Å². The van der Waals surface area contributed by atoms with Gasteiger partial charge in [0.1, 0.15) is 23.2 Å². The summed E-state index contributed by atoms with van der Waals surface area (Å²) < 4.78 is 33.0. The summed E-state index contributed by atoms with van der Waals surface area (Å²) >= 11 is 18.4. The van der Waals surface area contributed by atoms with E-state index in [2.05, 4.69) is 0 Å². The summed E-state index contributed by atoms with van der Waals surface area (Å²) in [6, 6.07) is 11.1. The molecule has 0 N–H and O–H groups in total. The van der Waals surface area contributed by atoms with Crippen LogP contribution < -0.4 is 4.90 Å². The van der Waals surface area contributed by atoms with E-state index in [1.807, 2.05) is 0 Å². The maximum atomic E-state index is 13.9. The fourth-order valence-electron chi connectivity index (χ4n) is 2.71. The molecule has 3 aromatic rings. The molecule has 0 unspecified atom stereocenters. The van der Waals surface area contributed by atoms with Gasteiger partial charge in [-0.15, -0.1) is 0 Å². The third kappa shape index (κ3) is 3.96. The maximum absolute atomic E-state index is 13.9. The summed E-state index contributed by atoms with van der Waals surface area (Å²) in [5.74, 6) is -1.21. The topological polar surface area (TPSA) is 33.5 Å². The van der Waals surface area contributed by atoms with Crippen molar-refractivity contribution >= 4 is 69.2 Å². The van der Waals surface area contributed by atoms with Crippen molar-refractivity contribution in [1.82, 2.24) is 0 Å². The highest BCUT2D eigenvalue weighted by Gasteiger charge is 2.33. The molecule has 3 nitrogen and oxygen atoms in total. The number of anilines is 1. The van der Waals surface area contributed by atoms with Crippen LogP contribution in [0.1, 0.15) is 5.76 Å². The van der Waals surface area contributed by atoms with Crippen LogP contribution in [0.15, 0.2) is 57.9 Å². The SMILES string of the molecule is O=C1/C(=C/c2ccc(-c3ccc(F)cc3F)o2)SC(=S)N1c1ccc(Cl)c(Cl)c1. The smallest absolute Gasteiger partial charge is 0.270 e. The number of furan rings is 1. The molecule has 0 aliphatic carbocycles. The average molecular weight is 468 g/mol. The number of thioether (sulfide) groups is 1. The monoisotopic (exact) mass is 467 g/mol. The van der Waals surface area contributed by atoms with Gasteiger partial charge in [0.25, 0.3) is 5.91 Å². The lowest BCUT2D eigenvalue weighted by atomic mass is 10.1. The lowest BCUT2D eigenvalue weighted by Crippen LogP contribution is -2.27. The molecule has 9 heteroatoms. The molecular weight excluding hydrogens is 459 g/mol. The van der Waals surface area contributed by atoms with E-state index in [-0.39, 0.29) is 17.2 Å². The fraction of sp³-hybridized carbons (Fsp3) is 0. The van der Waals surface area contributed by atoms with E-state index in [0.29, 0.717) is 30.7 Å². The second-order valence-corrected chi connectivity index (χ2v) is 8.43. The second kappa shape index (κ2) is 7.91. The number of amides is 1. The molecule has 0 spiro atoms. The minimum Gasteiger partial charge on any atom is -0.457 e. The maximum Gasteiger partial charge on any atom is 0.270 e. The summed E-state index contributed by atoms with van der Waals surface area (Å²) in [7, 11) is 0. The van der Waals surface area contributed by atoms with Crippen molar-refractivity contribution in [3.05, 3.63) is 80.9 Å². The highest BCUT2D eigenvalue weighted by molar-refractivity contribution is 8.27. The number of thiocarbonyl (C=S) groups is 1. The first-order chi connectivity index (χ1) is 13.8. The van der Waals surface area contributed by atoms with Gasteiger partial charge in [-0.2, -0.15) is 0 Å². The van der Waals surface area contributed by atoms with E-state index in [1.165, 1.54) is 17.0 Å². The Balaban J connectivity index is 1.62. The number of rotatable bonds is 3. The van der Waals surface area contributed by atoms with Gasteiger partial charge in [0, 0.05) is 12.1 Å². The molecule has 1 aliphatic heterocycles. The van der Waals surface area contributed by atoms with Crippen LogP contribution in [-0.4, -0.2) is 10.2 Å². The first-order valence-corrected chi connectivity index (χ1v) is 10.1. The molecule has 1 aromatic heterocycles. The number of carbonyl (C=O) groups excluding carboxylic acids is 1. The minimum absolute atomic E-state index is 0.120. The number of hydrogen-bond donors (Lipinski definition) is 0. The van der Waals surface area contributed by atoms with E-state index in [4.69, 9.17) is 39.8 Å². The Kier molecular flexibility index (Phi) is 5.48. The zero-order chi connectivity index (χ0) is 20.7. The van der Waals surface area contributed by atoms with Gasteiger partial charge in [-0.3, -0.25) is 9.69 Å². The van der Waals surface area contributed by atoms with Crippen LogP contribution in [0.2, 0.25) is 10.0 Å². The predicted molar refractivity (Wildman–Crippen MR) is 116 cm³/mol. The molecule has 4 rings (SSSR count). The van der Waals surface area contributed by atoms with Crippen LogP contribution in [0.25, 0.3) is 17.4 Å².